The third-order valence-corrected chi connectivity index (χ3v) is 3.59. The fourth-order valence-corrected chi connectivity index (χ4v) is 2.35. The van der Waals surface area contributed by atoms with Gasteiger partial charge in [0.1, 0.15) is 0 Å². The van der Waals surface area contributed by atoms with Crippen LogP contribution in [0.1, 0.15) is 25.7 Å². The van der Waals surface area contributed by atoms with E-state index < -0.39 is 0 Å². The molecule has 2 heteroatoms. The number of ether oxygens (including phenoxy) is 1. The molecular weight excluding hydrogens is 150 g/mol. The largest absolute Gasteiger partial charge is 0.378 e. The van der Waals surface area contributed by atoms with Crippen molar-refractivity contribution in [2.45, 2.75) is 31.8 Å². The average molecular weight is 167 g/mol. The lowest BCUT2D eigenvalue weighted by Gasteiger charge is -2.54. The van der Waals surface area contributed by atoms with Gasteiger partial charge in [0.25, 0.3) is 0 Å². The van der Waals surface area contributed by atoms with Gasteiger partial charge in [-0.25, -0.2) is 0 Å². The second-order valence-corrected chi connectivity index (χ2v) is 4.91. The first-order valence-corrected chi connectivity index (χ1v) is 5.19. The van der Waals surface area contributed by atoms with E-state index in [0.29, 0.717) is 11.5 Å². The minimum Gasteiger partial charge on any atom is -0.378 e. The molecule has 1 heterocycles. The fourth-order valence-electron chi connectivity index (χ4n) is 2.35. The molecule has 0 aromatic heterocycles. The van der Waals surface area contributed by atoms with Crippen LogP contribution in [-0.2, 0) is 4.74 Å². The van der Waals surface area contributed by atoms with E-state index in [4.69, 9.17) is 4.74 Å². The highest BCUT2D eigenvalue weighted by molar-refractivity contribution is 5.03. The predicted molar refractivity (Wildman–Crippen MR) is 47.0 cm³/mol. The summed E-state index contributed by atoms with van der Waals surface area (Å²) in [7, 11) is 0. The minimum absolute atomic E-state index is 0.618. The summed E-state index contributed by atoms with van der Waals surface area (Å²) in [6.45, 7) is 3.54. The summed E-state index contributed by atoms with van der Waals surface area (Å²) >= 11 is 0. The van der Waals surface area contributed by atoms with Gasteiger partial charge in [-0.05, 0) is 31.6 Å². The summed E-state index contributed by atoms with van der Waals surface area (Å²) in [6.07, 6.45) is 6.10. The highest BCUT2D eigenvalue weighted by atomic mass is 16.5. The first-order valence-electron chi connectivity index (χ1n) is 5.19. The Hall–Kier alpha value is -0.0800. The van der Waals surface area contributed by atoms with E-state index in [1.807, 2.05) is 0 Å². The number of rotatable bonds is 3. The van der Waals surface area contributed by atoms with Crippen molar-refractivity contribution in [3.8, 4) is 0 Å². The van der Waals surface area contributed by atoms with Crippen LogP contribution in [0.25, 0.3) is 0 Å². The Balaban J connectivity index is 1.38. The normalized spacial score (nSPS) is 33.0. The van der Waals surface area contributed by atoms with Crippen LogP contribution >= 0.6 is 0 Å². The molecule has 0 bridgehead atoms. The van der Waals surface area contributed by atoms with Crippen molar-refractivity contribution in [2.75, 3.05) is 19.7 Å². The second-order valence-electron chi connectivity index (χ2n) is 4.91. The molecule has 1 spiro atoms. The van der Waals surface area contributed by atoms with E-state index in [0.717, 1.165) is 12.5 Å². The monoisotopic (exact) mass is 167 g/mol. The van der Waals surface area contributed by atoms with Crippen LogP contribution in [0.3, 0.4) is 0 Å². The van der Waals surface area contributed by atoms with Gasteiger partial charge >= 0.3 is 0 Å². The molecule has 0 amide bonds. The topological polar surface area (TPSA) is 21.3 Å². The van der Waals surface area contributed by atoms with E-state index in [-0.39, 0.29) is 0 Å². The maximum Gasteiger partial charge on any atom is 0.0587 e. The smallest absolute Gasteiger partial charge is 0.0587 e. The van der Waals surface area contributed by atoms with Crippen molar-refractivity contribution in [3.05, 3.63) is 0 Å². The third-order valence-electron chi connectivity index (χ3n) is 3.59. The zero-order valence-corrected chi connectivity index (χ0v) is 7.51. The molecule has 3 fully saturated rings. The SMILES string of the molecule is C1CC1COC1CC2(CNC2)C1. The van der Waals surface area contributed by atoms with Gasteiger partial charge in [0.05, 0.1) is 6.10 Å². The van der Waals surface area contributed by atoms with Crippen molar-refractivity contribution >= 4 is 0 Å². The summed E-state index contributed by atoms with van der Waals surface area (Å²) in [6, 6.07) is 0. The van der Waals surface area contributed by atoms with Gasteiger partial charge < -0.3 is 10.1 Å². The molecule has 0 radical (unpaired) electrons. The molecule has 68 valence electrons. The Kier molecular flexibility index (Phi) is 1.50. The minimum atomic E-state index is 0.618. The van der Waals surface area contributed by atoms with E-state index in [1.165, 1.54) is 38.8 Å². The summed E-state index contributed by atoms with van der Waals surface area (Å²) < 4.78 is 5.81. The Morgan fingerprint density at radius 3 is 2.50 bits per heavy atom. The average Bonchev–Trinajstić information content (AvgIpc) is 2.63. The van der Waals surface area contributed by atoms with Crippen LogP contribution in [0.15, 0.2) is 0 Å². The standard InChI is InChI=1S/C10H17NO/c1-2-8(1)5-12-9-3-10(4-9)6-11-7-10/h8-9,11H,1-7H2. The highest BCUT2D eigenvalue weighted by Gasteiger charge is 2.49. The van der Waals surface area contributed by atoms with Crippen LogP contribution in [0.4, 0.5) is 0 Å². The summed E-state index contributed by atoms with van der Waals surface area (Å²) in [5, 5.41) is 3.35. The van der Waals surface area contributed by atoms with Crippen molar-refractivity contribution in [1.82, 2.24) is 5.32 Å². The predicted octanol–water partition coefficient (Wildman–Crippen LogP) is 1.17. The van der Waals surface area contributed by atoms with Gasteiger partial charge in [0.15, 0.2) is 0 Å². The lowest BCUT2D eigenvalue weighted by molar-refractivity contribution is -0.105. The van der Waals surface area contributed by atoms with E-state index in [9.17, 15) is 0 Å². The van der Waals surface area contributed by atoms with Crippen LogP contribution in [0.5, 0.6) is 0 Å². The van der Waals surface area contributed by atoms with Crippen molar-refractivity contribution < 1.29 is 4.74 Å². The lowest BCUT2D eigenvalue weighted by atomic mass is 9.63. The van der Waals surface area contributed by atoms with Crippen molar-refractivity contribution in [1.29, 1.82) is 0 Å². The lowest BCUT2D eigenvalue weighted by Crippen LogP contribution is -2.62. The summed E-state index contributed by atoms with van der Waals surface area (Å²) in [5.41, 5.74) is 0.689. The van der Waals surface area contributed by atoms with Crippen LogP contribution in [0.2, 0.25) is 0 Å². The molecule has 3 rings (SSSR count). The van der Waals surface area contributed by atoms with Gasteiger partial charge in [-0.15, -0.1) is 0 Å². The Labute approximate surface area is 73.7 Å². The Morgan fingerprint density at radius 1 is 1.25 bits per heavy atom. The van der Waals surface area contributed by atoms with Crippen molar-refractivity contribution in [2.24, 2.45) is 11.3 Å². The first-order chi connectivity index (χ1) is 5.86. The molecule has 1 aliphatic heterocycles. The molecule has 0 atom stereocenters. The molecule has 2 saturated carbocycles. The molecule has 0 aromatic rings. The first kappa shape index (κ1) is 7.34. The van der Waals surface area contributed by atoms with E-state index in [2.05, 4.69) is 5.32 Å². The molecule has 2 nitrogen and oxygen atoms in total. The highest BCUT2D eigenvalue weighted by Crippen LogP contribution is 2.46. The van der Waals surface area contributed by atoms with Gasteiger partial charge in [-0.1, -0.05) is 0 Å². The summed E-state index contributed by atoms with van der Waals surface area (Å²) in [5.74, 6) is 0.932. The number of hydrogen-bond acceptors (Lipinski definition) is 2. The van der Waals surface area contributed by atoms with E-state index in [1.54, 1.807) is 0 Å². The Morgan fingerprint density at radius 2 is 2.00 bits per heavy atom. The maximum absolute atomic E-state index is 5.81. The maximum atomic E-state index is 5.81. The fraction of sp³-hybridized carbons (Fsp3) is 1.00. The molecular formula is C10H17NO. The zero-order valence-electron chi connectivity index (χ0n) is 7.51. The number of hydrogen-bond donors (Lipinski definition) is 1. The molecule has 3 aliphatic rings. The van der Waals surface area contributed by atoms with Crippen LogP contribution in [-0.4, -0.2) is 25.8 Å². The van der Waals surface area contributed by atoms with Crippen LogP contribution in [0, 0.1) is 11.3 Å². The van der Waals surface area contributed by atoms with E-state index >= 15 is 0 Å². The second kappa shape index (κ2) is 2.46. The molecule has 1 N–H and O–H groups in total. The van der Waals surface area contributed by atoms with Crippen molar-refractivity contribution in [3.63, 3.8) is 0 Å². The van der Waals surface area contributed by atoms with Gasteiger partial charge in [-0.3, -0.25) is 0 Å². The van der Waals surface area contributed by atoms with Gasteiger partial charge in [0.2, 0.25) is 0 Å². The van der Waals surface area contributed by atoms with Gasteiger partial charge in [0, 0.05) is 25.1 Å². The quantitative estimate of drug-likeness (QED) is 0.681. The molecule has 12 heavy (non-hydrogen) atoms. The summed E-state index contributed by atoms with van der Waals surface area (Å²) in [4.78, 5) is 0. The molecule has 1 saturated heterocycles. The van der Waals surface area contributed by atoms with Crippen LogP contribution < -0.4 is 5.32 Å². The number of nitrogens with one attached hydrogen (secondary N) is 1. The molecule has 0 unspecified atom stereocenters. The third kappa shape index (κ3) is 1.17. The molecule has 0 aromatic carbocycles. The van der Waals surface area contributed by atoms with Gasteiger partial charge in [-0.2, -0.15) is 0 Å². The molecule has 2 aliphatic carbocycles. The Bertz CT molecular complexity index is 176. The zero-order chi connectivity index (χ0) is 8.02.